The lowest BCUT2D eigenvalue weighted by Gasteiger charge is -2.25. The van der Waals surface area contributed by atoms with Crippen molar-refractivity contribution in [2.45, 2.75) is 30.8 Å². The van der Waals surface area contributed by atoms with Crippen LogP contribution in [0.5, 0.6) is 0 Å². The molecule has 148 valence electrons. The van der Waals surface area contributed by atoms with E-state index >= 15 is 0 Å². The van der Waals surface area contributed by atoms with Crippen molar-refractivity contribution in [3.63, 3.8) is 0 Å². The van der Waals surface area contributed by atoms with Crippen LogP contribution in [0.25, 0.3) is 10.9 Å². The maximum Gasteiger partial charge on any atom is 0.341 e. The fourth-order valence-corrected chi connectivity index (χ4v) is 4.26. The number of anilines is 1. The molecule has 3 aliphatic rings. The highest BCUT2D eigenvalue weighted by molar-refractivity contribution is 5.93. The molecule has 1 aliphatic carbocycles. The SMILES string of the molecule is O=C(O)c1cn(C2CC2F)c2cc(N3C[C@@H]4NCCO[C@H]4C3)c(F)cc2c1=O. The van der Waals surface area contributed by atoms with E-state index in [0.29, 0.717) is 30.9 Å². The molecular formula is C19H19F2N3O4. The number of halogens is 2. The third-order valence-corrected chi connectivity index (χ3v) is 5.82. The van der Waals surface area contributed by atoms with Crippen LogP contribution >= 0.6 is 0 Å². The standard InChI is InChI=1S/C19H19F2N3O4/c20-11-3-9-14(5-15(11)23-7-13-17(8-23)28-2-1-22-13)24(16-4-12(16)21)6-10(18(9)25)19(26)27/h3,5-6,12-13,16-17,22H,1-2,4,7-8H2,(H,26,27)/t12?,13-,16?,17-/m0/s1. The molecule has 3 heterocycles. The largest absolute Gasteiger partial charge is 0.477 e. The Morgan fingerprint density at radius 1 is 1.32 bits per heavy atom. The summed E-state index contributed by atoms with van der Waals surface area (Å²) in [5.74, 6) is -2.02. The van der Waals surface area contributed by atoms with Gasteiger partial charge in [0.1, 0.15) is 17.6 Å². The second-order valence-corrected chi connectivity index (χ2v) is 7.60. The van der Waals surface area contributed by atoms with Crippen LogP contribution in [-0.2, 0) is 4.74 Å². The molecule has 2 saturated heterocycles. The molecule has 2 aliphatic heterocycles. The van der Waals surface area contributed by atoms with Crippen LogP contribution in [0.2, 0.25) is 0 Å². The quantitative estimate of drug-likeness (QED) is 0.821. The molecule has 5 rings (SSSR count). The van der Waals surface area contributed by atoms with E-state index < -0.39 is 35.0 Å². The summed E-state index contributed by atoms with van der Waals surface area (Å²) in [7, 11) is 0. The summed E-state index contributed by atoms with van der Waals surface area (Å²) in [6.07, 6.45) is 0.273. The lowest BCUT2D eigenvalue weighted by molar-refractivity contribution is 0.0212. The number of nitrogens with zero attached hydrogens (tertiary/aromatic N) is 2. The second kappa shape index (κ2) is 6.25. The number of ether oxygens (including phenoxy) is 1. The van der Waals surface area contributed by atoms with Crippen LogP contribution < -0.4 is 15.6 Å². The lowest BCUT2D eigenvalue weighted by Crippen LogP contribution is -2.47. The van der Waals surface area contributed by atoms with Crippen molar-refractivity contribution in [2.24, 2.45) is 0 Å². The van der Waals surface area contributed by atoms with Crippen molar-refractivity contribution in [1.82, 2.24) is 9.88 Å². The molecule has 1 aromatic heterocycles. The van der Waals surface area contributed by atoms with Gasteiger partial charge in [0.2, 0.25) is 5.43 Å². The number of hydrogen-bond donors (Lipinski definition) is 2. The number of nitrogens with one attached hydrogen (secondary N) is 1. The van der Waals surface area contributed by atoms with Crippen LogP contribution in [0.3, 0.4) is 0 Å². The molecule has 0 spiro atoms. The first-order chi connectivity index (χ1) is 13.4. The molecule has 7 nitrogen and oxygen atoms in total. The molecule has 28 heavy (non-hydrogen) atoms. The third-order valence-electron chi connectivity index (χ3n) is 5.82. The zero-order valence-corrected chi connectivity index (χ0v) is 14.9. The smallest absolute Gasteiger partial charge is 0.341 e. The van der Waals surface area contributed by atoms with Crippen LogP contribution in [0.4, 0.5) is 14.5 Å². The van der Waals surface area contributed by atoms with Gasteiger partial charge in [-0.1, -0.05) is 0 Å². The minimum absolute atomic E-state index is 0.0425. The molecule has 2 aromatic rings. The number of carboxylic acid groups (broad SMARTS) is 1. The Morgan fingerprint density at radius 3 is 2.79 bits per heavy atom. The van der Waals surface area contributed by atoms with Crippen LogP contribution in [0, 0.1) is 5.82 Å². The highest BCUT2D eigenvalue weighted by Crippen LogP contribution is 2.41. The Bertz CT molecular complexity index is 1030. The molecule has 0 bridgehead atoms. The third kappa shape index (κ3) is 2.68. The fraction of sp³-hybridized carbons (Fsp3) is 0.474. The average molecular weight is 391 g/mol. The van der Waals surface area contributed by atoms with Crippen LogP contribution in [0.1, 0.15) is 22.8 Å². The number of alkyl halides is 1. The Morgan fingerprint density at radius 2 is 2.11 bits per heavy atom. The zero-order chi connectivity index (χ0) is 19.6. The number of carbonyl (C=O) groups is 1. The number of benzene rings is 1. The molecule has 0 radical (unpaired) electrons. The predicted octanol–water partition coefficient (Wildman–Crippen LogP) is 1.30. The van der Waals surface area contributed by atoms with Gasteiger partial charge in [-0.05, 0) is 12.1 Å². The highest BCUT2D eigenvalue weighted by Gasteiger charge is 2.41. The second-order valence-electron chi connectivity index (χ2n) is 7.60. The van der Waals surface area contributed by atoms with E-state index in [2.05, 4.69) is 5.32 Å². The van der Waals surface area contributed by atoms with Gasteiger partial charge in [0.25, 0.3) is 0 Å². The van der Waals surface area contributed by atoms with E-state index in [0.717, 1.165) is 12.6 Å². The van der Waals surface area contributed by atoms with Gasteiger partial charge in [-0.25, -0.2) is 13.6 Å². The van der Waals surface area contributed by atoms with Gasteiger partial charge in [-0.3, -0.25) is 4.79 Å². The minimum atomic E-state index is -1.41. The van der Waals surface area contributed by atoms with Crippen molar-refractivity contribution in [1.29, 1.82) is 0 Å². The average Bonchev–Trinajstić information content (AvgIpc) is 3.23. The van der Waals surface area contributed by atoms with E-state index in [-0.39, 0.29) is 24.0 Å². The number of aromatic carboxylic acids is 1. The van der Waals surface area contributed by atoms with Crippen LogP contribution in [0.15, 0.2) is 23.1 Å². The summed E-state index contributed by atoms with van der Waals surface area (Å²) in [6.45, 7) is 2.41. The summed E-state index contributed by atoms with van der Waals surface area (Å²) in [6, 6.07) is 2.16. The fourth-order valence-electron chi connectivity index (χ4n) is 4.26. The molecule has 3 fully saturated rings. The van der Waals surface area contributed by atoms with Crippen molar-refractivity contribution in [3.05, 3.63) is 39.9 Å². The number of fused-ring (bicyclic) bond motifs is 2. The first-order valence-electron chi connectivity index (χ1n) is 9.29. The lowest BCUT2D eigenvalue weighted by atomic mass is 10.1. The Balaban J connectivity index is 1.64. The van der Waals surface area contributed by atoms with E-state index in [1.165, 1.54) is 16.8 Å². The number of carboxylic acids is 1. The van der Waals surface area contributed by atoms with Gasteiger partial charge >= 0.3 is 5.97 Å². The van der Waals surface area contributed by atoms with E-state index in [9.17, 15) is 23.5 Å². The molecule has 0 amide bonds. The zero-order valence-electron chi connectivity index (χ0n) is 14.9. The monoisotopic (exact) mass is 391 g/mol. The number of aromatic nitrogens is 1. The number of morpholine rings is 1. The molecule has 1 aromatic carbocycles. The normalized spacial score (nSPS) is 29.1. The first-order valence-corrected chi connectivity index (χ1v) is 9.29. The van der Waals surface area contributed by atoms with E-state index in [1.807, 2.05) is 4.90 Å². The molecule has 2 unspecified atom stereocenters. The maximum atomic E-state index is 14.9. The van der Waals surface area contributed by atoms with Crippen molar-refractivity contribution in [2.75, 3.05) is 31.1 Å². The Hall–Kier alpha value is -2.52. The van der Waals surface area contributed by atoms with Gasteiger partial charge < -0.3 is 24.6 Å². The van der Waals surface area contributed by atoms with E-state index in [4.69, 9.17) is 4.74 Å². The molecule has 2 N–H and O–H groups in total. The number of pyridine rings is 1. The van der Waals surface area contributed by atoms with Crippen molar-refractivity contribution in [3.8, 4) is 0 Å². The van der Waals surface area contributed by atoms with Crippen molar-refractivity contribution < 1.29 is 23.4 Å². The summed E-state index contributed by atoms with van der Waals surface area (Å²) in [5, 5.41) is 12.6. The number of rotatable bonds is 3. The van der Waals surface area contributed by atoms with Gasteiger partial charge in [-0.15, -0.1) is 0 Å². The Kier molecular flexibility index (Phi) is 3.92. The summed E-state index contributed by atoms with van der Waals surface area (Å²) >= 11 is 0. The van der Waals surface area contributed by atoms with Gasteiger partial charge in [0, 0.05) is 37.6 Å². The summed E-state index contributed by atoms with van der Waals surface area (Å²) < 4.78 is 35.9. The first kappa shape index (κ1) is 17.6. The summed E-state index contributed by atoms with van der Waals surface area (Å²) in [5.41, 5.74) is -0.594. The summed E-state index contributed by atoms with van der Waals surface area (Å²) in [4.78, 5) is 25.8. The minimum Gasteiger partial charge on any atom is -0.477 e. The molecule has 9 heteroatoms. The predicted molar refractivity (Wildman–Crippen MR) is 97.4 cm³/mol. The topological polar surface area (TPSA) is 83.8 Å². The van der Waals surface area contributed by atoms with Crippen LogP contribution in [-0.4, -0.2) is 60.2 Å². The van der Waals surface area contributed by atoms with Gasteiger partial charge in [-0.2, -0.15) is 0 Å². The highest BCUT2D eigenvalue weighted by atomic mass is 19.1. The number of hydrogen-bond acceptors (Lipinski definition) is 5. The molecular weight excluding hydrogens is 372 g/mol. The maximum absolute atomic E-state index is 14.9. The van der Waals surface area contributed by atoms with E-state index in [1.54, 1.807) is 0 Å². The molecule has 1 saturated carbocycles. The molecule has 4 atom stereocenters. The van der Waals surface area contributed by atoms with Gasteiger partial charge in [0.05, 0.1) is 36.0 Å². The van der Waals surface area contributed by atoms with Crippen molar-refractivity contribution >= 4 is 22.6 Å². The Labute approximate surface area is 158 Å². The van der Waals surface area contributed by atoms with Gasteiger partial charge in [0.15, 0.2) is 0 Å².